The molecule has 0 spiro atoms. The first-order chi connectivity index (χ1) is 8.69. The van der Waals surface area contributed by atoms with E-state index in [1.807, 2.05) is 18.2 Å². The summed E-state index contributed by atoms with van der Waals surface area (Å²) in [5.74, 6) is 0.959. The van der Waals surface area contributed by atoms with E-state index in [1.54, 1.807) is 0 Å². The molecule has 0 saturated carbocycles. The quantitative estimate of drug-likeness (QED) is 0.674. The average Bonchev–Trinajstić information content (AvgIpc) is 2.37. The lowest BCUT2D eigenvalue weighted by Gasteiger charge is -2.15. The van der Waals surface area contributed by atoms with Gasteiger partial charge in [-0.1, -0.05) is 53.6 Å². The average molecular weight is 279 g/mol. The molecular formula is C16H16Cl2. The fourth-order valence-electron chi connectivity index (χ4n) is 2.05. The molecule has 2 rings (SSSR count). The Labute approximate surface area is 119 Å². The molecule has 2 heteroatoms. The third-order valence-corrected chi connectivity index (χ3v) is 3.71. The molecule has 2 aromatic carbocycles. The van der Waals surface area contributed by atoms with E-state index in [9.17, 15) is 0 Å². The number of alkyl halides is 1. The summed E-state index contributed by atoms with van der Waals surface area (Å²) in [4.78, 5) is 0. The van der Waals surface area contributed by atoms with Gasteiger partial charge in [-0.25, -0.2) is 0 Å². The summed E-state index contributed by atoms with van der Waals surface area (Å²) in [7, 11) is 0. The molecule has 1 atom stereocenters. The number of aryl methyl sites for hydroxylation is 1. The second-order valence-electron chi connectivity index (χ2n) is 4.60. The molecule has 0 aromatic heterocycles. The Bertz CT molecular complexity index is 503. The van der Waals surface area contributed by atoms with E-state index < -0.39 is 0 Å². The molecule has 94 valence electrons. The first-order valence-electron chi connectivity index (χ1n) is 6.06. The highest BCUT2D eigenvalue weighted by molar-refractivity contribution is 6.30. The number of hydrogen-bond donors (Lipinski definition) is 0. The number of rotatable bonds is 4. The summed E-state index contributed by atoms with van der Waals surface area (Å²) in [6.45, 7) is 2.09. The van der Waals surface area contributed by atoms with Crippen LogP contribution in [0.25, 0.3) is 0 Å². The third kappa shape index (κ3) is 3.51. The van der Waals surface area contributed by atoms with Gasteiger partial charge in [0.05, 0.1) is 0 Å². The van der Waals surface area contributed by atoms with Crippen LogP contribution in [0.1, 0.15) is 22.6 Å². The lowest BCUT2D eigenvalue weighted by atomic mass is 9.93. The van der Waals surface area contributed by atoms with Crippen molar-refractivity contribution in [2.75, 3.05) is 5.88 Å². The van der Waals surface area contributed by atoms with Gasteiger partial charge in [-0.05, 0) is 36.6 Å². The molecule has 0 fully saturated rings. The third-order valence-electron chi connectivity index (χ3n) is 3.11. The molecule has 0 radical (unpaired) electrons. The molecule has 0 heterocycles. The summed E-state index contributed by atoms with van der Waals surface area (Å²) in [5.41, 5.74) is 3.79. The number of hydrogen-bond acceptors (Lipinski definition) is 0. The highest BCUT2D eigenvalue weighted by Gasteiger charge is 2.11. The molecule has 0 N–H and O–H groups in total. The molecule has 0 amide bonds. The van der Waals surface area contributed by atoms with Gasteiger partial charge in [0.2, 0.25) is 0 Å². The predicted octanol–water partition coefficient (Wildman–Crippen LogP) is 5.21. The SMILES string of the molecule is Cc1ccc(C(CCl)Cc2cccc(Cl)c2)cc1. The van der Waals surface area contributed by atoms with Gasteiger partial charge in [0.1, 0.15) is 0 Å². The van der Waals surface area contributed by atoms with Crippen LogP contribution < -0.4 is 0 Å². The molecule has 1 unspecified atom stereocenters. The van der Waals surface area contributed by atoms with Crippen LogP contribution in [0.5, 0.6) is 0 Å². The van der Waals surface area contributed by atoms with Gasteiger partial charge in [-0.15, -0.1) is 11.6 Å². The van der Waals surface area contributed by atoms with Gasteiger partial charge < -0.3 is 0 Å². The standard InChI is InChI=1S/C16H16Cl2/c1-12-5-7-14(8-6-12)15(11-17)9-13-3-2-4-16(18)10-13/h2-8,10,15H,9,11H2,1H3. The first-order valence-corrected chi connectivity index (χ1v) is 6.97. The van der Waals surface area contributed by atoms with Crippen LogP contribution in [-0.4, -0.2) is 5.88 Å². The number of benzene rings is 2. The number of halogens is 2. The Morgan fingerprint density at radius 1 is 1.06 bits per heavy atom. The Balaban J connectivity index is 2.17. The van der Waals surface area contributed by atoms with E-state index >= 15 is 0 Å². The smallest absolute Gasteiger partial charge is 0.0408 e. The second kappa shape index (κ2) is 6.26. The highest BCUT2D eigenvalue weighted by Crippen LogP contribution is 2.24. The van der Waals surface area contributed by atoms with Gasteiger partial charge in [0.15, 0.2) is 0 Å². The van der Waals surface area contributed by atoms with Crippen LogP contribution in [0.2, 0.25) is 5.02 Å². The van der Waals surface area contributed by atoms with Gasteiger partial charge >= 0.3 is 0 Å². The Morgan fingerprint density at radius 2 is 1.78 bits per heavy atom. The molecule has 2 aromatic rings. The van der Waals surface area contributed by atoms with Crippen molar-refractivity contribution in [1.82, 2.24) is 0 Å². The van der Waals surface area contributed by atoms with Crippen molar-refractivity contribution < 1.29 is 0 Å². The van der Waals surface area contributed by atoms with Crippen molar-refractivity contribution in [2.24, 2.45) is 0 Å². The fraction of sp³-hybridized carbons (Fsp3) is 0.250. The summed E-state index contributed by atoms with van der Waals surface area (Å²) in [6, 6.07) is 16.6. The minimum atomic E-state index is 0.339. The Morgan fingerprint density at radius 3 is 2.39 bits per heavy atom. The summed E-state index contributed by atoms with van der Waals surface area (Å²) in [5, 5.41) is 0.782. The maximum absolute atomic E-state index is 6.10. The fourth-order valence-corrected chi connectivity index (χ4v) is 2.55. The van der Waals surface area contributed by atoms with Gasteiger partial charge in [-0.2, -0.15) is 0 Å². The highest BCUT2D eigenvalue weighted by atomic mass is 35.5. The summed E-state index contributed by atoms with van der Waals surface area (Å²) < 4.78 is 0. The lowest BCUT2D eigenvalue weighted by molar-refractivity contribution is 0.766. The molecule has 0 aliphatic heterocycles. The monoisotopic (exact) mass is 278 g/mol. The van der Waals surface area contributed by atoms with Crippen LogP contribution in [0.4, 0.5) is 0 Å². The minimum absolute atomic E-state index is 0.339. The Kier molecular flexibility index (Phi) is 4.68. The van der Waals surface area contributed by atoms with Crippen LogP contribution >= 0.6 is 23.2 Å². The molecule has 0 aliphatic carbocycles. The van der Waals surface area contributed by atoms with Crippen LogP contribution in [0.3, 0.4) is 0 Å². The van der Waals surface area contributed by atoms with Crippen LogP contribution in [0, 0.1) is 6.92 Å². The maximum atomic E-state index is 6.10. The normalized spacial score (nSPS) is 12.4. The Hall–Kier alpha value is -0.980. The van der Waals surface area contributed by atoms with E-state index in [1.165, 1.54) is 16.7 Å². The summed E-state index contributed by atoms with van der Waals surface area (Å²) in [6.07, 6.45) is 0.924. The van der Waals surface area contributed by atoms with Crippen LogP contribution in [-0.2, 0) is 6.42 Å². The molecule has 18 heavy (non-hydrogen) atoms. The van der Waals surface area contributed by atoms with Crippen molar-refractivity contribution in [2.45, 2.75) is 19.3 Å². The van der Waals surface area contributed by atoms with Crippen molar-refractivity contribution in [3.05, 3.63) is 70.2 Å². The van der Waals surface area contributed by atoms with Crippen molar-refractivity contribution in [3.8, 4) is 0 Å². The van der Waals surface area contributed by atoms with Gasteiger partial charge in [0, 0.05) is 16.8 Å². The minimum Gasteiger partial charge on any atom is -0.126 e. The van der Waals surface area contributed by atoms with Gasteiger partial charge in [0.25, 0.3) is 0 Å². The second-order valence-corrected chi connectivity index (χ2v) is 5.34. The van der Waals surface area contributed by atoms with E-state index in [4.69, 9.17) is 23.2 Å². The van der Waals surface area contributed by atoms with Crippen molar-refractivity contribution in [1.29, 1.82) is 0 Å². The van der Waals surface area contributed by atoms with Crippen LogP contribution in [0.15, 0.2) is 48.5 Å². The van der Waals surface area contributed by atoms with E-state index in [0.717, 1.165) is 11.4 Å². The zero-order valence-electron chi connectivity index (χ0n) is 10.4. The maximum Gasteiger partial charge on any atom is 0.0408 e. The zero-order chi connectivity index (χ0) is 13.0. The van der Waals surface area contributed by atoms with E-state index in [-0.39, 0.29) is 0 Å². The zero-order valence-corrected chi connectivity index (χ0v) is 11.9. The molecule has 0 saturated heterocycles. The lowest BCUT2D eigenvalue weighted by Crippen LogP contribution is -2.04. The molecular weight excluding hydrogens is 263 g/mol. The topological polar surface area (TPSA) is 0 Å². The van der Waals surface area contributed by atoms with Crippen molar-refractivity contribution in [3.63, 3.8) is 0 Å². The van der Waals surface area contributed by atoms with E-state index in [0.29, 0.717) is 11.8 Å². The van der Waals surface area contributed by atoms with E-state index in [2.05, 4.69) is 37.3 Å². The van der Waals surface area contributed by atoms with Crippen molar-refractivity contribution >= 4 is 23.2 Å². The molecule has 0 bridgehead atoms. The largest absolute Gasteiger partial charge is 0.126 e. The molecule has 0 nitrogen and oxygen atoms in total. The predicted molar refractivity (Wildman–Crippen MR) is 79.8 cm³/mol. The van der Waals surface area contributed by atoms with Gasteiger partial charge in [-0.3, -0.25) is 0 Å². The first kappa shape index (κ1) is 13.5. The summed E-state index contributed by atoms with van der Waals surface area (Å²) >= 11 is 12.1. The molecule has 0 aliphatic rings.